The maximum Gasteiger partial charge on any atom is 0.331 e. The third-order valence-corrected chi connectivity index (χ3v) is 3.45. The van der Waals surface area contributed by atoms with Crippen LogP contribution < -0.4 is 0 Å². The molecule has 0 aliphatic rings. The number of carbonyl (C=O) groups is 1. The van der Waals surface area contributed by atoms with Gasteiger partial charge in [0, 0.05) is 11.1 Å². The van der Waals surface area contributed by atoms with Gasteiger partial charge in [-0.25, -0.2) is 4.79 Å². The fraction of sp³-hybridized carbons (Fsp3) is 0.273. The van der Waals surface area contributed by atoms with Crippen molar-refractivity contribution >= 4 is 11.7 Å². The molecule has 3 heteroatoms. The molecule has 0 amide bonds. The fourth-order valence-electron chi connectivity index (χ4n) is 2.39. The zero-order chi connectivity index (χ0) is 18.3. The van der Waals surface area contributed by atoms with Gasteiger partial charge in [0.25, 0.3) is 0 Å². The van der Waals surface area contributed by atoms with Crippen LogP contribution in [-0.4, -0.2) is 23.3 Å². The summed E-state index contributed by atoms with van der Waals surface area (Å²) in [7, 11) is 0. The van der Waals surface area contributed by atoms with E-state index in [1.807, 2.05) is 81.4 Å². The maximum absolute atomic E-state index is 12.6. The average Bonchev–Trinajstić information content (AvgIpc) is 2.58. The normalized spacial score (nSPS) is 12.1. The Kier molecular flexibility index (Phi) is 6.29. The lowest BCUT2D eigenvalue weighted by molar-refractivity contribution is -0.156. The molecule has 0 heterocycles. The van der Waals surface area contributed by atoms with E-state index in [9.17, 15) is 4.79 Å². The zero-order valence-electron chi connectivity index (χ0n) is 15.1. The van der Waals surface area contributed by atoms with E-state index in [4.69, 9.17) is 9.73 Å². The summed E-state index contributed by atoms with van der Waals surface area (Å²) in [6.07, 6.45) is 2.13. The second kappa shape index (κ2) is 8.43. The molecule has 25 heavy (non-hydrogen) atoms. The fourth-order valence-corrected chi connectivity index (χ4v) is 2.39. The smallest absolute Gasteiger partial charge is 0.331 e. The highest BCUT2D eigenvalue weighted by Gasteiger charge is 2.24. The summed E-state index contributed by atoms with van der Waals surface area (Å²) in [5.41, 5.74) is 2.16. The molecule has 130 valence electrons. The van der Waals surface area contributed by atoms with Gasteiger partial charge < -0.3 is 4.74 Å². The number of esters is 1. The van der Waals surface area contributed by atoms with E-state index in [1.165, 1.54) is 0 Å². The van der Waals surface area contributed by atoms with Gasteiger partial charge in [-0.3, -0.25) is 4.99 Å². The standard InChI is InChI=1S/C22H25NO2/c1-5-12-19(21(24)25-22(2,3)4)23-20(17-13-8-6-9-14-17)18-15-10-7-11-16-18/h5-11,13-16,19H,1,12H2,2-4H3. The Morgan fingerprint density at radius 1 is 1.04 bits per heavy atom. The van der Waals surface area contributed by atoms with Gasteiger partial charge in [0.1, 0.15) is 5.60 Å². The molecule has 2 aromatic rings. The van der Waals surface area contributed by atoms with Crippen molar-refractivity contribution in [1.82, 2.24) is 0 Å². The largest absolute Gasteiger partial charge is 0.458 e. The monoisotopic (exact) mass is 335 g/mol. The summed E-state index contributed by atoms with van der Waals surface area (Å²) in [6, 6.07) is 19.1. The summed E-state index contributed by atoms with van der Waals surface area (Å²) in [5, 5.41) is 0. The third kappa shape index (κ3) is 5.71. The summed E-state index contributed by atoms with van der Waals surface area (Å²) in [5.74, 6) is -0.336. The second-order valence-electron chi connectivity index (χ2n) is 6.78. The number of nitrogens with zero attached hydrogens (tertiary/aromatic N) is 1. The Morgan fingerprint density at radius 2 is 1.52 bits per heavy atom. The van der Waals surface area contributed by atoms with E-state index in [0.717, 1.165) is 16.8 Å². The van der Waals surface area contributed by atoms with E-state index >= 15 is 0 Å². The number of aliphatic imine (C=N–C) groups is 1. The number of hydrogen-bond acceptors (Lipinski definition) is 3. The summed E-state index contributed by atoms with van der Waals surface area (Å²) in [4.78, 5) is 17.3. The highest BCUT2D eigenvalue weighted by Crippen LogP contribution is 2.16. The van der Waals surface area contributed by atoms with Crippen LogP contribution in [0, 0.1) is 0 Å². The van der Waals surface area contributed by atoms with E-state index in [1.54, 1.807) is 6.08 Å². The third-order valence-electron chi connectivity index (χ3n) is 3.45. The summed E-state index contributed by atoms with van der Waals surface area (Å²) < 4.78 is 5.53. The van der Waals surface area contributed by atoms with Crippen molar-refractivity contribution in [1.29, 1.82) is 0 Å². The first kappa shape index (κ1) is 18.7. The molecule has 0 aliphatic heterocycles. The van der Waals surface area contributed by atoms with Crippen LogP contribution in [0.2, 0.25) is 0 Å². The van der Waals surface area contributed by atoms with Crippen LogP contribution >= 0.6 is 0 Å². The van der Waals surface area contributed by atoms with Crippen molar-refractivity contribution < 1.29 is 9.53 Å². The molecule has 0 fully saturated rings. The SMILES string of the molecule is C=CCC(N=C(c1ccccc1)c1ccccc1)C(=O)OC(C)(C)C. The number of hydrogen-bond donors (Lipinski definition) is 0. The molecule has 1 unspecified atom stereocenters. The summed E-state index contributed by atoms with van der Waals surface area (Å²) in [6.45, 7) is 9.32. The Balaban J connectivity index is 2.46. The number of rotatable bonds is 6. The zero-order valence-corrected chi connectivity index (χ0v) is 15.1. The molecule has 3 nitrogen and oxygen atoms in total. The van der Waals surface area contributed by atoms with Crippen molar-refractivity contribution in [3.8, 4) is 0 Å². The molecule has 0 bridgehead atoms. The highest BCUT2D eigenvalue weighted by molar-refractivity contribution is 6.13. The Bertz CT molecular complexity index is 686. The van der Waals surface area contributed by atoms with Crippen molar-refractivity contribution in [2.45, 2.75) is 38.8 Å². The van der Waals surface area contributed by atoms with Gasteiger partial charge in [-0.2, -0.15) is 0 Å². The molecule has 0 spiro atoms. The molecule has 0 radical (unpaired) electrons. The van der Waals surface area contributed by atoms with Crippen LogP contribution in [-0.2, 0) is 9.53 Å². The molecule has 0 saturated carbocycles. The molecular weight excluding hydrogens is 310 g/mol. The molecular formula is C22H25NO2. The topological polar surface area (TPSA) is 38.7 Å². The van der Waals surface area contributed by atoms with E-state index < -0.39 is 11.6 Å². The van der Waals surface area contributed by atoms with Gasteiger partial charge in [0.05, 0.1) is 5.71 Å². The Hall–Kier alpha value is -2.68. The van der Waals surface area contributed by atoms with Gasteiger partial charge in [0.15, 0.2) is 6.04 Å². The number of ether oxygens (including phenoxy) is 1. The minimum atomic E-state index is -0.618. The second-order valence-corrected chi connectivity index (χ2v) is 6.78. The van der Waals surface area contributed by atoms with Crippen LogP contribution in [0.15, 0.2) is 78.3 Å². The van der Waals surface area contributed by atoms with Crippen molar-refractivity contribution in [2.75, 3.05) is 0 Å². The van der Waals surface area contributed by atoms with Gasteiger partial charge >= 0.3 is 5.97 Å². The number of carbonyl (C=O) groups excluding carboxylic acids is 1. The Morgan fingerprint density at radius 3 is 1.92 bits per heavy atom. The lowest BCUT2D eigenvalue weighted by Gasteiger charge is -2.22. The van der Waals surface area contributed by atoms with Crippen molar-refractivity contribution in [2.24, 2.45) is 4.99 Å². The molecule has 0 aliphatic carbocycles. The summed E-state index contributed by atoms with van der Waals surface area (Å²) >= 11 is 0. The minimum Gasteiger partial charge on any atom is -0.458 e. The molecule has 2 aromatic carbocycles. The van der Waals surface area contributed by atoms with Gasteiger partial charge in [-0.05, 0) is 27.2 Å². The molecule has 0 saturated heterocycles. The van der Waals surface area contributed by atoms with Crippen LogP contribution in [0.4, 0.5) is 0 Å². The predicted molar refractivity (Wildman–Crippen MR) is 103 cm³/mol. The van der Waals surface area contributed by atoms with Gasteiger partial charge in [-0.15, -0.1) is 6.58 Å². The van der Waals surface area contributed by atoms with E-state index in [0.29, 0.717) is 6.42 Å². The quantitative estimate of drug-likeness (QED) is 0.432. The maximum atomic E-state index is 12.6. The van der Waals surface area contributed by atoms with Crippen LogP contribution in [0.25, 0.3) is 0 Å². The lowest BCUT2D eigenvalue weighted by atomic mass is 10.0. The van der Waals surface area contributed by atoms with E-state index in [-0.39, 0.29) is 5.97 Å². The lowest BCUT2D eigenvalue weighted by Crippen LogP contribution is -2.31. The van der Waals surface area contributed by atoms with E-state index in [2.05, 4.69) is 6.58 Å². The van der Waals surface area contributed by atoms with Crippen molar-refractivity contribution in [3.05, 3.63) is 84.4 Å². The number of benzene rings is 2. The average molecular weight is 335 g/mol. The molecule has 0 N–H and O–H groups in total. The first-order chi connectivity index (χ1) is 11.9. The first-order valence-electron chi connectivity index (χ1n) is 8.43. The van der Waals surface area contributed by atoms with Crippen LogP contribution in [0.3, 0.4) is 0 Å². The minimum absolute atomic E-state index is 0.336. The van der Waals surface area contributed by atoms with Gasteiger partial charge in [-0.1, -0.05) is 66.7 Å². The molecule has 1 atom stereocenters. The van der Waals surface area contributed by atoms with Gasteiger partial charge in [0.2, 0.25) is 0 Å². The van der Waals surface area contributed by atoms with Crippen LogP contribution in [0.1, 0.15) is 38.3 Å². The Labute approximate surface area is 150 Å². The molecule has 2 rings (SSSR count). The predicted octanol–water partition coefficient (Wildman–Crippen LogP) is 4.81. The van der Waals surface area contributed by atoms with Crippen molar-refractivity contribution in [3.63, 3.8) is 0 Å². The first-order valence-corrected chi connectivity index (χ1v) is 8.43. The molecule has 0 aromatic heterocycles. The highest BCUT2D eigenvalue weighted by atomic mass is 16.6. The van der Waals surface area contributed by atoms with Crippen LogP contribution in [0.5, 0.6) is 0 Å².